The van der Waals surface area contributed by atoms with Crippen LogP contribution in [0, 0.1) is 0 Å². The third-order valence-corrected chi connectivity index (χ3v) is 6.61. The van der Waals surface area contributed by atoms with Crippen LogP contribution in [-0.4, -0.2) is 82.5 Å². The lowest BCUT2D eigenvalue weighted by Gasteiger charge is -2.32. The Bertz CT molecular complexity index is 1200. The Balaban J connectivity index is 1.74. The second-order valence-corrected chi connectivity index (χ2v) is 9.55. The standard InChI is InChI=1S/C27H36N6O3/c1-6-28-27(35)26-30-29-25(22-15-21(18(2)3)24(36-5)16-23(22)34)33(26)20-9-7-19(8-10-20)17-32-13-11-31(4)12-14-32/h7-10,15-16,18,34H,6,11-14,17H2,1-5H3,(H,28,35). The number of methoxy groups -OCH3 is 1. The van der Waals surface area contributed by atoms with Gasteiger partial charge in [-0.3, -0.25) is 14.3 Å². The summed E-state index contributed by atoms with van der Waals surface area (Å²) in [5.41, 5.74) is 3.37. The number of aromatic hydroxyl groups is 1. The molecule has 1 amide bonds. The van der Waals surface area contributed by atoms with Gasteiger partial charge in [0.15, 0.2) is 5.82 Å². The highest BCUT2D eigenvalue weighted by molar-refractivity contribution is 5.92. The van der Waals surface area contributed by atoms with Gasteiger partial charge in [-0.2, -0.15) is 0 Å². The molecule has 0 saturated carbocycles. The summed E-state index contributed by atoms with van der Waals surface area (Å²) in [6.07, 6.45) is 0. The second-order valence-electron chi connectivity index (χ2n) is 9.55. The molecular formula is C27H36N6O3. The van der Waals surface area contributed by atoms with Crippen molar-refractivity contribution >= 4 is 5.91 Å². The van der Waals surface area contributed by atoms with E-state index in [0.717, 1.165) is 44.0 Å². The number of rotatable bonds is 8. The lowest BCUT2D eigenvalue weighted by atomic mass is 9.98. The van der Waals surface area contributed by atoms with Gasteiger partial charge < -0.3 is 20.1 Å². The van der Waals surface area contributed by atoms with E-state index < -0.39 is 0 Å². The van der Waals surface area contributed by atoms with Gasteiger partial charge >= 0.3 is 0 Å². The topological polar surface area (TPSA) is 95.8 Å². The van der Waals surface area contributed by atoms with Crippen molar-refractivity contribution in [1.29, 1.82) is 0 Å². The number of phenolic OH excluding ortho intramolecular Hbond substituents is 1. The van der Waals surface area contributed by atoms with E-state index in [1.54, 1.807) is 17.7 Å². The highest BCUT2D eigenvalue weighted by atomic mass is 16.5. The molecule has 2 heterocycles. The smallest absolute Gasteiger partial charge is 0.289 e. The molecule has 2 aromatic carbocycles. The van der Waals surface area contributed by atoms with Crippen LogP contribution in [0.3, 0.4) is 0 Å². The zero-order valence-electron chi connectivity index (χ0n) is 21.8. The molecule has 1 aliphatic rings. The molecule has 1 aliphatic heterocycles. The normalized spacial score (nSPS) is 14.8. The number of carbonyl (C=O) groups excluding carboxylic acids is 1. The van der Waals surface area contributed by atoms with Crippen molar-refractivity contribution in [3.63, 3.8) is 0 Å². The molecule has 0 atom stereocenters. The van der Waals surface area contributed by atoms with Crippen LogP contribution in [0.15, 0.2) is 36.4 Å². The molecule has 1 aromatic heterocycles. The van der Waals surface area contributed by atoms with E-state index in [4.69, 9.17) is 4.74 Å². The maximum absolute atomic E-state index is 12.9. The van der Waals surface area contributed by atoms with Gasteiger partial charge in [0.2, 0.25) is 5.82 Å². The van der Waals surface area contributed by atoms with Crippen LogP contribution < -0.4 is 10.1 Å². The number of benzene rings is 2. The number of hydrogen-bond acceptors (Lipinski definition) is 7. The summed E-state index contributed by atoms with van der Waals surface area (Å²) in [4.78, 5) is 17.7. The average molecular weight is 493 g/mol. The van der Waals surface area contributed by atoms with Crippen LogP contribution in [0.2, 0.25) is 0 Å². The van der Waals surface area contributed by atoms with E-state index in [1.165, 1.54) is 5.56 Å². The van der Waals surface area contributed by atoms with Crippen LogP contribution >= 0.6 is 0 Å². The van der Waals surface area contributed by atoms with Gasteiger partial charge in [0.1, 0.15) is 11.5 Å². The van der Waals surface area contributed by atoms with Crippen LogP contribution in [-0.2, 0) is 6.54 Å². The summed E-state index contributed by atoms with van der Waals surface area (Å²) in [5, 5.41) is 22.3. The fraction of sp³-hybridized carbons (Fsp3) is 0.444. The zero-order chi connectivity index (χ0) is 25.8. The maximum Gasteiger partial charge on any atom is 0.289 e. The van der Waals surface area contributed by atoms with Gasteiger partial charge in [0.05, 0.1) is 12.7 Å². The molecule has 192 valence electrons. The largest absolute Gasteiger partial charge is 0.507 e. The summed E-state index contributed by atoms with van der Waals surface area (Å²) >= 11 is 0. The van der Waals surface area contributed by atoms with Crippen LogP contribution in [0.25, 0.3) is 17.1 Å². The van der Waals surface area contributed by atoms with Crippen LogP contribution in [0.5, 0.6) is 11.5 Å². The minimum atomic E-state index is -0.324. The molecule has 0 unspecified atom stereocenters. The van der Waals surface area contributed by atoms with Crippen molar-refractivity contribution in [2.45, 2.75) is 33.2 Å². The number of aromatic nitrogens is 3. The highest BCUT2D eigenvalue weighted by Gasteiger charge is 2.24. The van der Waals surface area contributed by atoms with Gasteiger partial charge in [-0.15, -0.1) is 10.2 Å². The number of piperazine rings is 1. The lowest BCUT2D eigenvalue weighted by molar-refractivity contribution is 0.0943. The zero-order valence-corrected chi connectivity index (χ0v) is 21.8. The van der Waals surface area contributed by atoms with Crippen LogP contribution in [0.4, 0.5) is 0 Å². The van der Waals surface area contributed by atoms with Crippen molar-refractivity contribution in [3.8, 4) is 28.6 Å². The van der Waals surface area contributed by atoms with Crippen molar-refractivity contribution in [2.24, 2.45) is 0 Å². The molecule has 0 aliphatic carbocycles. The molecule has 3 aromatic rings. The predicted octanol–water partition coefficient (Wildman–Crippen LogP) is 3.27. The lowest BCUT2D eigenvalue weighted by Crippen LogP contribution is -2.43. The van der Waals surface area contributed by atoms with Crippen molar-refractivity contribution in [2.75, 3.05) is 46.9 Å². The fourth-order valence-electron chi connectivity index (χ4n) is 4.50. The van der Waals surface area contributed by atoms with Crippen LogP contribution in [0.1, 0.15) is 48.4 Å². The summed E-state index contributed by atoms with van der Waals surface area (Å²) in [7, 11) is 3.74. The van der Waals surface area contributed by atoms with E-state index in [0.29, 0.717) is 23.7 Å². The number of likely N-dealkylation sites (N-methyl/N-ethyl adjacent to an activating group) is 1. The Morgan fingerprint density at radius 3 is 2.42 bits per heavy atom. The number of hydrogen-bond donors (Lipinski definition) is 2. The maximum atomic E-state index is 12.9. The highest BCUT2D eigenvalue weighted by Crippen LogP contribution is 2.38. The molecule has 1 saturated heterocycles. The van der Waals surface area contributed by atoms with E-state index in [-0.39, 0.29) is 23.4 Å². The first-order chi connectivity index (χ1) is 17.3. The van der Waals surface area contributed by atoms with Crippen molar-refractivity contribution in [1.82, 2.24) is 29.9 Å². The molecule has 1 fully saturated rings. The molecule has 4 rings (SSSR count). The molecule has 0 radical (unpaired) electrons. The van der Waals surface area contributed by atoms with E-state index in [1.807, 2.05) is 25.1 Å². The summed E-state index contributed by atoms with van der Waals surface area (Å²) < 4.78 is 7.18. The number of ether oxygens (including phenoxy) is 1. The van der Waals surface area contributed by atoms with E-state index in [2.05, 4.69) is 58.3 Å². The molecule has 0 bridgehead atoms. The molecule has 36 heavy (non-hydrogen) atoms. The molecule has 9 heteroatoms. The van der Waals surface area contributed by atoms with Gasteiger partial charge in [-0.25, -0.2) is 0 Å². The van der Waals surface area contributed by atoms with Crippen molar-refractivity contribution in [3.05, 3.63) is 53.3 Å². The fourth-order valence-corrected chi connectivity index (χ4v) is 4.50. The monoisotopic (exact) mass is 492 g/mol. The van der Waals surface area contributed by atoms with Gasteiger partial charge in [-0.05, 0) is 49.2 Å². The number of nitrogens with one attached hydrogen (secondary N) is 1. The number of nitrogens with zero attached hydrogens (tertiary/aromatic N) is 5. The molecule has 2 N–H and O–H groups in total. The molecular weight excluding hydrogens is 456 g/mol. The molecule has 9 nitrogen and oxygen atoms in total. The third kappa shape index (κ3) is 5.37. The Morgan fingerprint density at radius 1 is 1.11 bits per heavy atom. The summed E-state index contributed by atoms with van der Waals surface area (Å²) in [5.74, 6) is 1.01. The minimum absolute atomic E-state index is 0.0130. The van der Waals surface area contributed by atoms with E-state index >= 15 is 0 Å². The number of amides is 1. The van der Waals surface area contributed by atoms with E-state index in [9.17, 15) is 9.90 Å². The first-order valence-electron chi connectivity index (χ1n) is 12.5. The summed E-state index contributed by atoms with van der Waals surface area (Å²) in [6, 6.07) is 11.6. The Kier molecular flexibility index (Phi) is 7.91. The van der Waals surface area contributed by atoms with Gasteiger partial charge in [-0.1, -0.05) is 26.0 Å². The second kappa shape index (κ2) is 11.1. The third-order valence-electron chi connectivity index (χ3n) is 6.61. The Morgan fingerprint density at radius 2 is 1.81 bits per heavy atom. The first kappa shape index (κ1) is 25.7. The predicted molar refractivity (Wildman–Crippen MR) is 140 cm³/mol. The number of phenols is 1. The van der Waals surface area contributed by atoms with Gasteiger partial charge in [0.25, 0.3) is 5.91 Å². The Labute approximate surface area is 212 Å². The SMILES string of the molecule is CCNC(=O)c1nnc(-c2cc(C(C)C)c(OC)cc2O)n1-c1ccc(CN2CCN(C)CC2)cc1. The molecule has 0 spiro atoms. The first-order valence-corrected chi connectivity index (χ1v) is 12.5. The van der Waals surface area contributed by atoms with Gasteiger partial charge in [0, 0.05) is 51.0 Å². The van der Waals surface area contributed by atoms with Crippen molar-refractivity contribution < 1.29 is 14.6 Å². The number of carbonyl (C=O) groups is 1. The minimum Gasteiger partial charge on any atom is -0.507 e. The quantitative estimate of drug-likeness (QED) is 0.498. The average Bonchev–Trinajstić information content (AvgIpc) is 3.30. The Hall–Kier alpha value is -3.43. The summed E-state index contributed by atoms with van der Waals surface area (Å²) in [6.45, 7) is 11.6.